The Labute approximate surface area is 215 Å². The lowest BCUT2D eigenvalue weighted by molar-refractivity contribution is 0.343. The first-order valence-corrected chi connectivity index (χ1v) is 12.1. The number of benzene rings is 1. The number of H-pyrrole nitrogens is 1. The number of nitrogens with one attached hydrogen (secondary N) is 2. The average molecular weight is 506 g/mol. The molecule has 186 valence electrons. The van der Waals surface area contributed by atoms with Gasteiger partial charge in [0.25, 0.3) is 0 Å². The lowest BCUT2D eigenvalue weighted by Crippen LogP contribution is -2.29. The van der Waals surface area contributed by atoms with Crippen molar-refractivity contribution >= 4 is 23.4 Å². The summed E-state index contributed by atoms with van der Waals surface area (Å²) in [5, 5.41) is 13.9. The molecule has 0 unspecified atom stereocenters. The van der Waals surface area contributed by atoms with Gasteiger partial charge in [0.1, 0.15) is 11.5 Å². The Kier molecular flexibility index (Phi) is 6.64. The van der Waals surface area contributed by atoms with Gasteiger partial charge in [-0.05, 0) is 63.5 Å². The fraction of sp³-hybridized carbons (Fsp3) is 0.296. The molecule has 0 spiro atoms. The van der Waals surface area contributed by atoms with Gasteiger partial charge in [-0.25, -0.2) is 9.37 Å². The molecule has 1 aromatic carbocycles. The van der Waals surface area contributed by atoms with Crippen LogP contribution in [0.3, 0.4) is 0 Å². The third kappa shape index (κ3) is 4.42. The molecule has 1 aliphatic rings. The quantitative estimate of drug-likeness (QED) is 0.333. The van der Waals surface area contributed by atoms with E-state index in [0.29, 0.717) is 12.6 Å². The molecule has 2 N–H and O–H groups in total. The van der Waals surface area contributed by atoms with Gasteiger partial charge in [-0.3, -0.25) is 9.36 Å². The van der Waals surface area contributed by atoms with Gasteiger partial charge < -0.3 is 10.3 Å². The first-order valence-electron chi connectivity index (χ1n) is 12.1. The molecular formula is C27H29ClFN7. The van der Waals surface area contributed by atoms with Crippen molar-refractivity contribution in [1.82, 2.24) is 34.8 Å². The van der Waals surface area contributed by atoms with Gasteiger partial charge in [-0.1, -0.05) is 12.1 Å². The summed E-state index contributed by atoms with van der Waals surface area (Å²) in [6.45, 7) is 6.67. The lowest BCUT2D eigenvalue weighted by atomic mass is 10.0. The summed E-state index contributed by atoms with van der Waals surface area (Å²) in [4.78, 5) is 8.02. The van der Waals surface area contributed by atoms with Crippen molar-refractivity contribution in [1.29, 1.82) is 0 Å². The van der Waals surface area contributed by atoms with Crippen LogP contribution in [0.15, 0.2) is 55.1 Å². The number of hydrogen-bond acceptors (Lipinski definition) is 4. The number of halogens is 2. The van der Waals surface area contributed by atoms with Gasteiger partial charge in [0.2, 0.25) is 0 Å². The molecule has 1 fully saturated rings. The Hall–Kier alpha value is -3.49. The maximum Gasteiger partial charge on any atom is 0.137 e. The highest BCUT2D eigenvalue weighted by atomic mass is 35.5. The normalized spacial score (nSPS) is 14.3. The molecule has 0 aliphatic carbocycles. The van der Waals surface area contributed by atoms with Crippen LogP contribution in [0.2, 0.25) is 0 Å². The number of piperidine rings is 1. The topological polar surface area (TPSA) is 76.3 Å². The lowest BCUT2D eigenvalue weighted by Gasteiger charge is -2.22. The van der Waals surface area contributed by atoms with E-state index in [4.69, 9.17) is 10.1 Å². The first kappa shape index (κ1) is 24.2. The highest BCUT2D eigenvalue weighted by Crippen LogP contribution is 2.35. The third-order valence-corrected chi connectivity index (χ3v) is 7.02. The number of hydrogen-bond donors (Lipinski definition) is 2. The second-order valence-corrected chi connectivity index (χ2v) is 9.35. The van der Waals surface area contributed by atoms with Crippen LogP contribution in [0.1, 0.15) is 35.8 Å². The highest BCUT2D eigenvalue weighted by Gasteiger charge is 2.19. The second kappa shape index (κ2) is 9.87. The molecule has 5 aromatic rings. The molecule has 6 rings (SSSR count). The van der Waals surface area contributed by atoms with Crippen molar-refractivity contribution in [2.24, 2.45) is 0 Å². The largest absolute Gasteiger partial charge is 0.346 e. The predicted octanol–water partition coefficient (Wildman–Crippen LogP) is 5.44. The van der Waals surface area contributed by atoms with Gasteiger partial charge in [0.15, 0.2) is 0 Å². The zero-order valence-electron chi connectivity index (χ0n) is 20.3. The number of fused-ring (bicyclic) bond motifs is 1. The zero-order valence-corrected chi connectivity index (χ0v) is 21.1. The summed E-state index contributed by atoms with van der Waals surface area (Å²) < 4.78 is 17.7. The van der Waals surface area contributed by atoms with Gasteiger partial charge in [0, 0.05) is 51.9 Å². The maximum absolute atomic E-state index is 13.7. The number of aryl methyl sites for hydroxylation is 1. The third-order valence-electron chi connectivity index (χ3n) is 7.02. The summed E-state index contributed by atoms with van der Waals surface area (Å²) in [5.41, 5.74) is 7.96. The zero-order chi connectivity index (χ0) is 23.9. The maximum atomic E-state index is 13.7. The highest BCUT2D eigenvalue weighted by molar-refractivity contribution is 5.96. The SMILES string of the molecule is Cc1nn(Cc2cccc(F)c2)c(C)c1-c1c[nH]c2ncc(-c3cnn(C4CCNCC4)c3)cc12.Cl. The number of aromatic nitrogens is 6. The molecule has 5 heterocycles. The van der Waals surface area contributed by atoms with E-state index in [1.54, 1.807) is 12.1 Å². The van der Waals surface area contributed by atoms with Crippen LogP contribution >= 0.6 is 12.4 Å². The fourth-order valence-corrected chi connectivity index (χ4v) is 5.18. The number of nitrogens with zero attached hydrogens (tertiary/aromatic N) is 5. The summed E-state index contributed by atoms with van der Waals surface area (Å²) in [6, 6.07) is 9.30. The molecule has 0 radical (unpaired) electrons. The Morgan fingerprint density at radius 2 is 1.92 bits per heavy atom. The number of rotatable bonds is 5. The molecule has 7 nitrogen and oxygen atoms in total. The summed E-state index contributed by atoms with van der Waals surface area (Å²) >= 11 is 0. The minimum absolute atomic E-state index is 0. The molecule has 0 atom stereocenters. The molecule has 1 saturated heterocycles. The van der Waals surface area contributed by atoms with Crippen molar-refractivity contribution in [3.63, 3.8) is 0 Å². The van der Waals surface area contributed by atoms with E-state index in [1.807, 2.05) is 36.3 Å². The molecule has 0 saturated carbocycles. The van der Waals surface area contributed by atoms with Gasteiger partial charge in [-0.15, -0.1) is 12.4 Å². The van der Waals surface area contributed by atoms with Crippen LogP contribution in [0.5, 0.6) is 0 Å². The van der Waals surface area contributed by atoms with Crippen molar-refractivity contribution in [3.05, 3.63) is 77.9 Å². The Morgan fingerprint density at radius 3 is 2.72 bits per heavy atom. The van der Waals surface area contributed by atoms with E-state index in [0.717, 1.165) is 76.2 Å². The standard InChI is InChI=1S/C27H28FN7.ClH/c1-17-26(18(2)34(33-17)15-19-4-3-5-22(28)10-19)25-14-31-27-24(25)11-20(12-30-27)21-13-32-35(16-21)23-6-8-29-9-7-23;/h3-5,10-14,16,23,29H,6-9,15H2,1-2H3,(H,30,31);1H. The van der Waals surface area contributed by atoms with Crippen molar-refractivity contribution in [3.8, 4) is 22.3 Å². The monoisotopic (exact) mass is 505 g/mol. The number of aromatic amines is 1. The van der Waals surface area contributed by atoms with Gasteiger partial charge in [0.05, 0.1) is 24.5 Å². The molecular weight excluding hydrogens is 477 g/mol. The summed E-state index contributed by atoms with van der Waals surface area (Å²) in [5.74, 6) is -0.233. The van der Waals surface area contributed by atoms with E-state index in [1.165, 1.54) is 6.07 Å². The second-order valence-electron chi connectivity index (χ2n) is 9.35. The predicted molar refractivity (Wildman–Crippen MR) is 142 cm³/mol. The fourth-order valence-electron chi connectivity index (χ4n) is 5.18. The van der Waals surface area contributed by atoms with Crippen LogP contribution in [0.4, 0.5) is 4.39 Å². The van der Waals surface area contributed by atoms with Crippen molar-refractivity contribution < 1.29 is 4.39 Å². The van der Waals surface area contributed by atoms with E-state index in [9.17, 15) is 4.39 Å². The number of pyridine rings is 1. The van der Waals surface area contributed by atoms with E-state index in [2.05, 4.69) is 39.3 Å². The smallest absolute Gasteiger partial charge is 0.137 e. The molecule has 36 heavy (non-hydrogen) atoms. The van der Waals surface area contributed by atoms with Crippen LogP contribution in [-0.4, -0.2) is 42.6 Å². The molecule has 0 amide bonds. The van der Waals surface area contributed by atoms with E-state index >= 15 is 0 Å². The van der Waals surface area contributed by atoms with Crippen LogP contribution in [0, 0.1) is 19.7 Å². The summed E-state index contributed by atoms with van der Waals surface area (Å²) in [6.07, 6.45) is 10.2. The van der Waals surface area contributed by atoms with E-state index in [-0.39, 0.29) is 18.2 Å². The minimum atomic E-state index is -0.233. The Balaban J connectivity index is 0.00000267. The molecule has 4 aromatic heterocycles. The van der Waals surface area contributed by atoms with Crippen LogP contribution in [-0.2, 0) is 6.54 Å². The molecule has 9 heteroatoms. The molecule has 0 bridgehead atoms. The van der Waals surface area contributed by atoms with Crippen LogP contribution < -0.4 is 5.32 Å². The molecule has 1 aliphatic heterocycles. The Morgan fingerprint density at radius 1 is 1.08 bits per heavy atom. The Bertz CT molecular complexity index is 1510. The van der Waals surface area contributed by atoms with Gasteiger partial charge in [-0.2, -0.15) is 10.2 Å². The minimum Gasteiger partial charge on any atom is -0.346 e. The average Bonchev–Trinajstić information content (AvgIpc) is 3.58. The first-order chi connectivity index (χ1) is 17.1. The van der Waals surface area contributed by atoms with Crippen LogP contribution in [0.25, 0.3) is 33.3 Å². The van der Waals surface area contributed by atoms with Crippen molar-refractivity contribution in [2.75, 3.05) is 13.1 Å². The van der Waals surface area contributed by atoms with Gasteiger partial charge >= 0.3 is 0 Å². The van der Waals surface area contributed by atoms with E-state index < -0.39 is 0 Å². The van der Waals surface area contributed by atoms with Crippen molar-refractivity contribution in [2.45, 2.75) is 39.3 Å². The summed E-state index contributed by atoms with van der Waals surface area (Å²) in [7, 11) is 0.